The summed E-state index contributed by atoms with van der Waals surface area (Å²) in [6.45, 7) is 1.99. The lowest BCUT2D eigenvalue weighted by atomic mass is 10.1. The van der Waals surface area contributed by atoms with Crippen LogP contribution in [0.2, 0.25) is 0 Å². The van der Waals surface area contributed by atoms with Crippen molar-refractivity contribution < 1.29 is 8.91 Å². The van der Waals surface area contributed by atoms with Crippen molar-refractivity contribution in [2.24, 2.45) is 5.73 Å². The van der Waals surface area contributed by atoms with Crippen LogP contribution < -0.4 is 5.73 Å². The highest BCUT2D eigenvalue weighted by Gasteiger charge is 2.15. The van der Waals surface area contributed by atoms with Crippen LogP contribution in [0.4, 0.5) is 4.39 Å². The zero-order valence-corrected chi connectivity index (χ0v) is 11.4. The molecular weight excluding hydrogens is 301 g/mol. The molecule has 2 N–H and O–H groups in total. The quantitative estimate of drug-likeness (QED) is 0.942. The summed E-state index contributed by atoms with van der Waals surface area (Å²) in [6, 6.07) is 4.67. The van der Waals surface area contributed by atoms with Gasteiger partial charge in [0.1, 0.15) is 5.82 Å². The molecule has 1 unspecified atom stereocenters. The van der Waals surface area contributed by atoms with Gasteiger partial charge < -0.3 is 10.3 Å². The molecule has 18 heavy (non-hydrogen) atoms. The van der Waals surface area contributed by atoms with Gasteiger partial charge in [0.2, 0.25) is 0 Å². The lowest BCUT2D eigenvalue weighted by Crippen LogP contribution is -2.21. The molecule has 0 amide bonds. The fourth-order valence-corrected chi connectivity index (χ4v) is 1.93. The third-order valence-corrected chi connectivity index (χ3v) is 3.43. The molecule has 4 nitrogen and oxygen atoms in total. The van der Waals surface area contributed by atoms with Crippen molar-refractivity contribution in [1.82, 2.24) is 10.1 Å². The Morgan fingerprint density at radius 2 is 2.28 bits per heavy atom. The zero-order valence-electron chi connectivity index (χ0n) is 9.86. The Morgan fingerprint density at radius 1 is 1.50 bits per heavy atom. The predicted octanol–water partition coefficient (Wildman–Crippen LogP) is 2.92. The molecule has 0 spiro atoms. The number of rotatable bonds is 4. The van der Waals surface area contributed by atoms with E-state index in [9.17, 15) is 4.39 Å². The van der Waals surface area contributed by atoms with Crippen LogP contribution in [0.1, 0.15) is 19.2 Å². The van der Waals surface area contributed by atoms with E-state index in [4.69, 9.17) is 10.3 Å². The minimum Gasteiger partial charge on any atom is -0.334 e. The summed E-state index contributed by atoms with van der Waals surface area (Å²) in [6.07, 6.45) is 1.39. The normalized spacial score (nSPS) is 12.7. The maximum Gasteiger partial charge on any atom is 0.259 e. The lowest BCUT2D eigenvalue weighted by Gasteiger charge is -2.02. The van der Waals surface area contributed by atoms with Crippen molar-refractivity contribution >= 4 is 15.9 Å². The molecule has 0 fully saturated rings. The Kier molecular flexibility index (Phi) is 4.08. The Morgan fingerprint density at radius 3 is 3.00 bits per heavy atom. The van der Waals surface area contributed by atoms with Crippen molar-refractivity contribution in [3.63, 3.8) is 0 Å². The van der Waals surface area contributed by atoms with Gasteiger partial charge >= 0.3 is 0 Å². The fraction of sp³-hybridized carbons (Fsp3) is 0.333. The van der Waals surface area contributed by atoms with E-state index in [1.165, 1.54) is 6.07 Å². The van der Waals surface area contributed by atoms with Gasteiger partial charge in [0.25, 0.3) is 5.89 Å². The van der Waals surface area contributed by atoms with Crippen LogP contribution in [0, 0.1) is 5.82 Å². The molecule has 1 atom stereocenters. The van der Waals surface area contributed by atoms with Gasteiger partial charge in [-0.2, -0.15) is 4.98 Å². The Balaban J connectivity index is 2.27. The van der Waals surface area contributed by atoms with Gasteiger partial charge in [-0.15, -0.1) is 0 Å². The summed E-state index contributed by atoms with van der Waals surface area (Å²) in [5.41, 5.74) is 6.36. The van der Waals surface area contributed by atoms with E-state index in [0.29, 0.717) is 28.2 Å². The summed E-state index contributed by atoms with van der Waals surface area (Å²) in [5, 5.41) is 3.84. The number of benzene rings is 1. The maximum atomic E-state index is 13.4. The molecule has 96 valence electrons. The van der Waals surface area contributed by atoms with Crippen LogP contribution in [0.25, 0.3) is 11.5 Å². The minimum atomic E-state index is -0.363. The van der Waals surface area contributed by atoms with E-state index in [1.54, 1.807) is 12.1 Å². The van der Waals surface area contributed by atoms with Crippen molar-refractivity contribution in [3.05, 3.63) is 34.3 Å². The van der Waals surface area contributed by atoms with E-state index >= 15 is 0 Å². The first-order chi connectivity index (χ1) is 8.61. The monoisotopic (exact) mass is 313 g/mol. The smallest absolute Gasteiger partial charge is 0.259 e. The first-order valence-corrected chi connectivity index (χ1v) is 6.43. The number of hydrogen-bond donors (Lipinski definition) is 1. The second kappa shape index (κ2) is 5.58. The molecule has 1 aromatic carbocycles. The number of nitrogens with two attached hydrogens (primary N) is 1. The topological polar surface area (TPSA) is 64.9 Å². The van der Waals surface area contributed by atoms with Crippen LogP contribution >= 0.6 is 15.9 Å². The molecule has 0 aliphatic heterocycles. The summed E-state index contributed by atoms with van der Waals surface area (Å²) in [5.74, 6) is 0.465. The van der Waals surface area contributed by atoms with Crippen LogP contribution in [0.3, 0.4) is 0 Å². The van der Waals surface area contributed by atoms with E-state index in [1.807, 2.05) is 6.92 Å². The van der Waals surface area contributed by atoms with E-state index in [0.717, 1.165) is 6.42 Å². The third-order valence-electron chi connectivity index (χ3n) is 2.62. The third kappa shape index (κ3) is 2.76. The Labute approximate surface area is 113 Å². The SMILES string of the molecule is CCC(N)Cc1noc(-c2cccc(F)c2Br)n1. The van der Waals surface area contributed by atoms with Crippen LogP contribution in [0.5, 0.6) is 0 Å². The highest BCUT2D eigenvalue weighted by atomic mass is 79.9. The Hall–Kier alpha value is -1.27. The van der Waals surface area contributed by atoms with Crippen molar-refractivity contribution in [3.8, 4) is 11.5 Å². The van der Waals surface area contributed by atoms with Crippen LogP contribution in [0.15, 0.2) is 27.2 Å². The average molecular weight is 314 g/mol. The molecular formula is C12H13BrFN3O. The number of halogens is 2. The van der Waals surface area contributed by atoms with E-state index < -0.39 is 0 Å². The van der Waals surface area contributed by atoms with Crippen LogP contribution in [-0.2, 0) is 6.42 Å². The van der Waals surface area contributed by atoms with Gasteiger partial charge in [-0.1, -0.05) is 18.1 Å². The lowest BCUT2D eigenvalue weighted by molar-refractivity contribution is 0.418. The fourth-order valence-electron chi connectivity index (χ4n) is 1.49. The first kappa shape index (κ1) is 13.2. The summed E-state index contributed by atoms with van der Waals surface area (Å²) in [4.78, 5) is 4.22. The molecule has 0 aliphatic rings. The number of nitrogens with zero attached hydrogens (tertiary/aromatic N) is 2. The maximum absolute atomic E-state index is 13.4. The van der Waals surface area contributed by atoms with Gasteiger partial charge in [0.05, 0.1) is 10.0 Å². The molecule has 0 aliphatic carbocycles. The zero-order chi connectivity index (χ0) is 13.1. The Bertz CT molecular complexity index is 544. The molecule has 6 heteroatoms. The van der Waals surface area contributed by atoms with Gasteiger partial charge in [0.15, 0.2) is 5.82 Å². The summed E-state index contributed by atoms with van der Waals surface area (Å²) < 4.78 is 18.8. The van der Waals surface area contributed by atoms with Gasteiger partial charge in [-0.3, -0.25) is 0 Å². The molecule has 0 radical (unpaired) electrons. The van der Waals surface area contributed by atoms with Crippen molar-refractivity contribution in [2.45, 2.75) is 25.8 Å². The molecule has 0 saturated heterocycles. The highest BCUT2D eigenvalue weighted by molar-refractivity contribution is 9.10. The molecule has 0 saturated carbocycles. The van der Waals surface area contributed by atoms with Gasteiger partial charge in [0, 0.05) is 12.5 Å². The predicted molar refractivity (Wildman–Crippen MR) is 69.4 cm³/mol. The number of hydrogen-bond acceptors (Lipinski definition) is 4. The number of aromatic nitrogens is 2. The van der Waals surface area contributed by atoms with Crippen molar-refractivity contribution in [2.75, 3.05) is 0 Å². The largest absolute Gasteiger partial charge is 0.334 e. The second-order valence-corrected chi connectivity index (χ2v) is 4.78. The molecule has 1 heterocycles. The molecule has 0 bridgehead atoms. The van der Waals surface area contributed by atoms with E-state index in [-0.39, 0.29) is 11.9 Å². The standard InChI is InChI=1S/C12H13BrFN3O/c1-2-7(15)6-10-16-12(18-17-10)8-4-3-5-9(14)11(8)13/h3-5,7H,2,6,15H2,1H3. The second-order valence-electron chi connectivity index (χ2n) is 3.99. The summed E-state index contributed by atoms with van der Waals surface area (Å²) >= 11 is 3.16. The highest BCUT2D eigenvalue weighted by Crippen LogP contribution is 2.29. The molecule has 2 aromatic rings. The van der Waals surface area contributed by atoms with Gasteiger partial charge in [-0.05, 0) is 34.5 Å². The van der Waals surface area contributed by atoms with Crippen LogP contribution in [-0.4, -0.2) is 16.2 Å². The molecule has 2 rings (SSSR count). The van der Waals surface area contributed by atoms with Crippen molar-refractivity contribution in [1.29, 1.82) is 0 Å². The minimum absolute atomic E-state index is 0.00593. The average Bonchev–Trinajstić information content (AvgIpc) is 2.80. The summed E-state index contributed by atoms with van der Waals surface area (Å²) in [7, 11) is 0. The molecule has 1 aromatic heterocycles. The first-order valence-electron chi connectivity index (χ1n) is 5.64. The van der Waals surface area contributed by atoms with E-state index in [2.05, 4.69) is 26.1 Å². The van der Waals surface area contributed by atoms with Gasteiger partial charge in [-0.25, -0.2) is 4.39 Å².